The minimum absolute atomic E-state index is 0.518. The van der Waals surface area contributed by atoms with Crippen molar-refractivity contribution in [3.8, 4) is 45.5 Å². The van der Waals surface area contributed by atoms with E-state index in [1.807, 2.05) is 36.4 Å². The molecule has 0 saturated heterocycles. The quantitative estimate of drug-likeness (QED) is 0.177. The maximum atomic E-state index is 6.60. The molecular formula is C51H31N5O. The lowest BCUT2D eigenvalue weighted by atomic mass is 10.0. The Labute approximate surface area is 326 Å². The molecule has 57 heavy (non-hydrogen) atoms. The molecule has 0 unspecified atom stereocenters. The van der Waals surface area contributed by atoms with E-state index in [0.717, 1.165) is 93.4 Å². The first-order chi connectivity index (χ1) is 28.3. The molecule has 0 bridgehead atoms. The lowest BCUT2D eigenvalue weighted by Gasteiger charge is -2.13. The van der Waals surface area contributed by atoms with Gasteiger partial charge < -0.3 is 4.42 Å². The van der Waals surface area contributed by atoms with Crippen LogP contribution in [0.4, 0.5) is 0 Å². The summed E-state index contributed by atoms with van der Waals surface area (Å²) in [6.45, 7) is 0. The molecule has 0 spiro atoms. The number of rotatable bonds is 5. The third-order valence-corrected chi connectivity index (χ3v) is 11.2. The zero-order valence-corrected chi connectivity index (χ0v) is 30.5. The first kappa shape index (κ1) is 31.5. The number of hydrogen-bond acceptors (Lipinski definition) is 4. The van der Waals surface area contributed by atoms with Crippen LogP contribution in [0.2, 0.25) is 0 Å². The molecule has 0 N–H and O–H groups in total. The second-order valence-electron chi connectivity index (χ2n) is 14.4. The molecule has 12 aromatic rings. The maximum Gasteiger partial charge on any atom is 0.240 e. The Kier molecular flexibility index (Phi) is 6.83. The summed E-state index contributed by atoms with van der Waals surface area (Å²) in [5, 5.41) is 6.56. The van der Waals surface area contributed by atoms with Gasteiger partial charge in [-0.3, -0.25) is 9.13 Å². The van der Waals surface area contributed by atoms with Gasteiger partial charge in [-0.15, -0.1) is 0 Å². The highest BCUT2D eigenvalue weighted by Crippen LogP contribution is 2.39. The van der Waals surface area contributed by atoms with Gasteiger partial charge in [0.15, 0.2) is 5.82 Å². The number of aromatic nitrogens is 5. The van der Waals surface area contributed by atoms with Crippen molar-refractivity contribution in [3.05, 3.63) is 188 Å². The molecule has 0 atom stereocenters. The standard InChI is InChI=1S/C51H31N5O/c1-3-14-32(15-4-1)34-26-28-38-36-18-7-10-23-43(36)55(45(38)30-34)50-52-49(42-22-13-21-41-40-20-9-12-25-47(40)57-48(41)42)53-51(54-50)56-44-24-11-8-19-37(44)39-29-27-35(31-46(39)56)33-16-5-2-6-17-33/h1-31H. The van der Waals surface area contributed by atoms with Gasteiger partial charge in [0.2, 0.25) is 11.9 Å². The summed E-state index contributed by atoms with van der Waals surface area (Å²) in [6, 6.07) is 65.6. The van der Waals surface area contributed by atoms with Crippen molar-refractivity contribution in [1.29, 1.82) is 0 Å². The van der Waals surface area contributed by atoms with Crippen LogP contribution in [0.25, 0.3) is 111 Å². The van der Waals surface area contributed by atoms with E-state index < -0.39 is 0 Å². The van der Waals surface area contributed by atoms with Crippen LogP contribution in [0.15, 0.2) is 192 Å². The Balaban J connectivity index is 1.20. The highest BCUT2D eigenvalue weighted by atomic mass is 16.3. The van der Waals surface area contributed by atoms with E-state index in [2.05, 4.69) is 161 Å². The molecule has 4 aromatic heterocycles. The van der Waals surface area contributed by atoms with Crippen molar-refractivity contribution in [1.82, 2.24) is 24.1 Å². The average Bonchev–Trinajstić information content (AvgIpc) is 3.94. The Morgan fingerprint density at radius 2 is 0.807 bits per heavy atom. The van der Waals surface area contributed by atoms with Crippen molar-refractivity contribution in [3.63, 3.8) is 0 Å². The van der Waals surface area contributed by atoms with Crippen LogP contribution >= 0.6 is 0 Å². The number of hydrogen-bond donors (Lipinski definition) is 0. The summed E-state index contributed by atoms with van der Waals surface area (Å²) in [6.07, 6.45) is 0. The van der Waals surface area contributed by atoms with Crippen molar-refractivity contribution in [2.75, 3.05) is 0 Å². The van der Waals surface area contributed by atoms with Gasteiger partial charge in [0, 0.05) is 32.3 Å². The van der Waals surface area contributed by atoms with Crippen LogP contribution in [-0.2, 0) is 0 Å². The molecule has 0 aliphatic rings. The summed E-state index contributed by atoms with van der Waals surface area (Å²) in [5.74, 6) is 1.56. The van der Waals surface area contributed by atoms with Crippen molar-refractivity contribution < 1.29 is 4.42 Å². The third-order valence-electron chi connectivity index (χ3n) is 11.2. The lowest BCUT2D eigenvalue weighted by molar-refractivity contribution is 0.669. The van der Waals surface area contributed by atoms with Crippen LogP contribution in [-0.4, -0.2) is 24.1 Å². The Bertz CT molecular complexity index is 3350. The van der Waals surface area contributed by atoms with Gasteiger partial charge in [0.1, 0.15) is 11.2 Å². The van der Waals surface area contributed by atoms with E-state index in [1.54, 1.807) is 0 Å². The normalized spacial score (nSPS) is 11.9. The van der Waals surface area contributed by atoms with E-state index in [9.17, 15) is 0 Å². The smallest absolute Gasteiger partial charge is 0.240 e. The van der Waals surface area contributed by atoms with Gasteiger partial charge >= 0.3 is 0 Å². The van der Waals surface area contributed by atoms with E-state index in [4.69, 9.17) is 19.4 Å². The highest BCUT2D eigenvalue weighted by molar-refractivity contribution is 6.12. The Morgan fingerprint density at radius 3 is 1.39 bits per heavy atom. The highest BCUT2D eigenvalue weighted by Gasteiger charge is 2.23. The fourth-order valence-electron chi connectivity index (χ4n) is 8.59. The predicted octanol–water partition coefficient (Wildman–Crippen LogP) is 13.0. The predicted molar refractivity (Wildman–Crippen MR) is 232 cm³/mol. The Morgan fingerprint density at radius 1 is 0.333 bits per heavy atom. The molecule has 0 aliphatic heterocycles. The van der Waals surface area contributed by atoms with Crippen LogP contribution in [0.3, 0.4) is 0 Å². The van der Waals surface area contributed by atoms with E-state index in [-0.39, 0.29) is 0 Å². The van der Waals surface area contributed by atoms with Crippen LogP contribution in [0.1, 0.15) is 0 Å². The second kappa shape index (κ2) is 12.3. The van der Waals surface area contributed by atoms with Gasteiger partial charge in [0.25, 0.3) is 0 Å². The number of benzene rings is 8. The molecule has 0 radical (unpaired) electrons. The van der Waals surface area contributed by atoms with Crippen LogP contribution < -0.4 is 0 Å². The van der Waals surface area contributed by atoms with Crippen molar-refractivity contribution in [2.24, 2.45) is 0 Å². The molecule has 0 aliphatic carbocycles. The topological polar surface area (TPSA) is 61.7 Å². The molecule has 8 aromatic carbocycles. The van der Waals surface area contributed by atoms with Gasteiger partial charge in [-0.1, -0.05) is 152 Å². The minimum Gasteiger partial charge on any atom is -0.455 e. The average molecular weight is 730 g/mol. The summed E-state index contributed by atoms with van der Waals surface area (Å²) >= 11 is 0. The molecule has 0 fully saturated rings. The summed E-state index contributed by atoms with van der Waals surface area (Å²) in [4.78, 5) is 16.2. The van der Waals surface area contributed by atoms with Gasteiger partial charge in [0.05, 0.1) is 27.6 Å². The molecular weight excluding hydrogens is 699 g/mol. The summed E-state index contributed by atoms with van der Waals surface area (Å²) in [5.41, 5.74) is 10.9. The van der Waals surface area contributed by atoms with Crippen molar-refractivity contribution >= 4 is 65.6 Å². The number of para-hydroxylation sites is 4. The van der Waals surface area contributed by atoms with Gasteiger partial charge in [-0.05, 0) is 58.7 Å². The van der Waals surface area contributed by atoms with E-state index >= 15 is 0 Å². The summed E-state index contributed by atoms with van der Waals surface area (Å²) in [7, 11) is 0. The first-order valence-electron chi connectivity index (χ1n) is 19.1. The number of fused-ring (bicyclic) bond motifs is 9. The zero-order valence-electron chi connectivity index (χ0n) is 30.5. The third kappa shape index (κ3) is 4.87. The molecule has 0 saturated carbocycles. The molecule has 12 rings (SSSR count). The molecule has 4 heterocycles. The lowest BCUT2D eigenvalue weighted by Crippen LogP contribution is -2.10. The number of nitrogens with zero attached hydrogens (tertiary/aromatic N) is 5. The SMILES string of the molecule is c1ccc(-c2ccc3c4ccccc4n(-c4nc(-c5cccc6c5oc5ccccc56)nc(-n5c6ccccc6c6ccc(-c7ccccc7)cc65)n4)c3c2)cc1. The van der Waals surface area contributed by atoms with E-state index in [1.165, 1.54) is 0 Å². The van der Waals surface area contributed by atoms with E-state index in [0.29, 0.717) is 17.7 Å². The Hall–Kier alpha value is -7.83. The molecule has 6 heteroatoms. The second-order valence-corrected chi connectivity index (χ2v) is 14.4. The van der Waals surface area contributed by atoms with Gasteiger partial charge in [-0.2, -0.15) is 15.0 Å². The zero-order chi connectivity index (χ0) is 37.5. The fraction of sp³-hybridized carbons (Fsp3) is 0. The summed E-state index contributed by atoms with van der Waals surface area (Å²) < 4.78 is 11.0. The largest absolute Gasteiger partial charge is 0.455 e. The molecule has 6 nitrogen and oxygen atoms in total. The van der Waals surface area contributed by atoms with Crippen LogP contribution in [0.5, 0.6) is 0 Å². The van der Waals surface area contributed by atoms with Crippen LogP contribution in [0, 0.1) is 0 Å². The minimum atomic E-state index is 0.518. The monoisotopic (exact) mass is 729 g/mol. The first-order valence-corrected chi connectivity index (χ1v) is 19.1. The number of furan rings is 1. The molecule has 0 amide bonds. The van der Waals surface area contributed by atoms with Crippen molar-refractivity contribution in [2.45, 2.75) is 0 Å². The van der Waals surface area contributed by atoms with Gasteiger partial charge in [-0.25, -0.2) is 0 Å². The maximum absolute atomic E-state index is 6.60. The molecule has 266 valence electrons. The fourth-order valence-corrected chi connectivity index (χ4v) is 8.59.